The number of carbonyl (C=O) groups is 2. The number of anilines is 1. The Labute approximate surface area is 150 Å². The molecule has 0 radical (unpaired) electrons. The van der Waals surface area contributed by atoms with E-state index >= 15 is 0 Å². The summed E-state index contributed by atoms with van der Waals surface area (Å²) in [6, 6.07) is 10.0. The van der Waals surface area contributed by atoms with Gasteiger partial charge in [-0.2, -0.15) is 0 Å². The first-order valence-electron chi connectivity index (χ1n) is 7.55. The minimum atomic E-state index is -0.814. The van der Waals surface area contributed by atoms with Crippen molar-refractivity contribution < 1.29 is 18.7 Å². The Morgan fingerprint density at radius 3 is 2.64 bits per heavy atom. The van der Waals surface area contributed by atoms with Gasteiger partial charge in [0.1, 0.15) is 17.6 Å². The molecule has 0 aromatic heterocycles. The fraction of sp³-hybridized carbons (Fsp3) is 0.222. The quantitative estimate of drug-likeness (QED) is 0.827. The number of hydrogen-bond acceptors (Lipinski definition) is 3. The lowest BCUT2D eigenvalue weighted by molar-refractivity contribution is -0.125. The van der Waals surface area contributed by atoms with E-state index in [0.29, 0.717) is 5.75 Å². The van der Waals surface area contributed by atoms with E-state index in [9.17, 15) is 14.0 Å². The second kappa shape index (κ2) is 8.48. The lowest BCUT2D eigenvalue weighted by Gasteiger charge is -2.18. The van der Waals surface area contributed by atoms with Crippen LogP contribution in [0.2, 0.25) is 5.02 Å². The molecule has 0 spiro atoms. The van der Waals surface area contributed by atoms with E-state index in [1.165, 1.54) is 19.1 Å². The van der Waals surface area contributed by atoms with Gasteiger partial charge in [-0.3, -0.25) is 9.59 Å². The molecule has 0 aliphatic rings. The molecule has 2 rings (SSSR count). The lowest BCUT2D eigenvalue weighted by Crippen LogP contribution is -2.44. The summed E-state index contributed by atoms with van der Waals surface area (Å²) in [6.07, 6.45) is 0.265. The summed E-state index contributed by atoms with van der Waals surface area (Å²) in [5.41, 5.74) is 1.09. The predicted molar refractivity (Wildman–Crippen MR) is 94.3 cm³/mol. The maximum Gasteiger partial charge on any atom is 0.247 e. The standard InChI is InChI=1S/C18H18ClFN2O3/c1-11(23)21-17(9-12-4-3-5-14(8-12)25-2)18(24)22-16-7-6-13(20)10-15(16)19/h3-8,10,17H,9H2,1-2H3,(H,21,23)(H,22,24)/t17-/m1/s1. The fourth-order valence-corrected chi connectivity index (χ4v) is 2.51. The third kappa shape index (κ3) is 5.46. The van der Waals surface area contributed by atoms with Crippen LogP contribution in [0, 0.1) is 5.82 Å². The number of ether oxygens (including phenoxy) is 1. The van der Waals surface area contributed by atoms with Crippen molar-refractivity contribution in [3.8, 4) is 5.75 Å². The third-order valence-corrected chi connectivity index (χ3v) is 3.77. The summed E-state index contributed by atoms with van der Waals surface area (Å²) >= 11 is 5.93. The van der Waals surface area contributed by atoms with Gasteiger partial charge >= 0.3 is 0 Å². The maximum absolute atomic E-state index is 13.1. The summed E-state index contributed by atoms with van der Waals surface area (Å²) < 4.78 is 18.3. The van der Waals surface area contributed by atoms with Crippen LogP contribution in [0.1, 0.15) is 12.5 Å². The van der Waals surface area contributed by atoms with Crippen molar-refractivity contribution >= 4 is 29.1 Å². The van der Waals surface area contributed by atoms with Crippen LogP contribution in [0.15, 0.2) is 42.5 Å². The Balaban J connectivity index is 2.17. The molecule has 0 aliphatic heterocycles. The molecule has 5 nitrogen and oxygen atoms in total. The van der Waals surface area contributed by atoms with E-state index in [0.717, 1.165) is 11.6 Å². The van der Waals surface area contributed by atoms with Gasteiger partial charge in [-0.25, -0.2) is 4.39 Å². The molecule has 0 unspecified atom stereocenters. The molecule has 2 aromatic carbocycles. The molecule has 2 aromatic rings. The molecule has 0 aliphatic carbocycles. The molecule has 0 fully saturated rings. The van der Waals surface area contributed by atoms with Crippen LogP contribution >= 0.6 is 11.6 Å². The number of amides is 2. The van der Waals surface area contributed by atoms with Crippen molar-refractivity contribution in [2.75, 3.05) is 12.4 Å². The zero-order valence-corrected chi connectivity index (χ0v) is 14.6. The van der Waals surface area contributed by atoms with E-state index in [-0.39, 0.29) is 23.0 Å². The van der Waals surface area contributed by atoms with Crippen LogP contribution in [0.25, 0.3) is 0 Å². The molecule has 0 saturated carbocycles. The molecular weight excluding hydrogens is 347 g/mol. The second-order valence-corrected chi connectivity index (χ2v) is 5.83. The Hall–Kier alpha value is -2.60. The monoisotopic (exact) mass is 364 g/mol. The molecular formula is C18H18ClFN2O3. The van der Waals surface area contributed by atoms with Gasteiger partial charge < -0.3 is 15.4 Å². The van der Waals surface area contributed by atoms with Crippen molar-refractivity contribution in [1.29, 1.82) is 0 Å². The normalized spacial score (nSPS) is 11.5. The van der Waals surface area contributed by atoms with Crippen LogP contribution < -0.4 is 15.4 Å². The van der Waals surface area contributed by atoms with Gasteiger partial charge in [0.15, 0.2) is 0 Å². The Morgan fingerprint density at radius 2 is 2.00 bits per heavy atom. The molecule has 2 amide bonds. The Morgan fingerprint density at radius 1 is 1.24 bits per heavy atom. The number of hydrogen-bond donors (Lipinski definition) is 2. The van der Waals surface area contributed by atoms with Gasteiger partial charge in [-0.05, 0) is 35.9 Å². The van der Waals surface area contributed by atoms with Crippen molar-refractivity contribution in [1.82, 2.24) is 5.32 Å². The molecule has 132 valence electrons. The molecule has 1 atom stereocenters. The summed E-state index contributed by atoms with van der Waals surface area (Å²) in [6.45, 7) is 1.33. The van der Waals surface area contributed by atoms with Crippen LogP contribution in [-0.2, 0) is 16.0 Å². The van der Waals surface area contributed by atoms with Crippen molar-refractivity contribution in [3.63, 3.8) is 0 Å². The highest BCUT2D eigenvalue weighted by atomic mass is 35.5. The minimum Gasteiger partial charge on any atom is -0.497 e. The van der Waals surface area contributed by atoms with E-state index in [1.807, 2.05) is 6.07 Å². The Kier molecular flexibility index (Phi) is 6.36. The van der Waals surface area contributed by atoms with Gasteiger partial charge in [0.05, 0.1) is 17.8 Å². The van der Waals surface area contributed by atoms with Crippen molar-refractivity contribution in [2.24, 2.45) is 0 Å². The highest BCUT2D eigenvalue weighted by Gasteiger charge is 2.21. The maximum atomic E-state index is 13.1. The zero-order chi connectivity index (χ0) is 18.4. The smallest absolute Gasteiger partial charge is 0.247 e. The largest absolute Gasteiger partial charge is 0.497 e. The van der Waals surface area contributed by atoms with Crippen LogP contribution in [0.5, 0.6) is 5.75 Å². The van der Waals surface area contributed by atoms with E-state index in [2.05, 4.69) is 10.6 Å². The predicted octanol–water partition coefficient (Wildman–Crippen LogP) is 3.17. The first kappa shape index (κ1) is 18.7. The summed E-state index contributed by atoms with van der Waals surface area (Å²) in [7, 11) is 1.55. The highest BCUT2D eigenvalue weighted by Crippen LogP contribution is 2.23. The average Bonchev–Trinajstić information content (AvgIpc) is 2.56. The van der Waals surface area contributed by atoms with Gasteiger partial charge in [0.2, 0.25) is 11.8 Å². The number of carbonyl (C=O) groups excluding carboxylic acids is 2. The van der Waals surface area contributed by atoms with E-state index in [1.54, 1.807) is 25.3 Å². The first-order chi connectivity index (χ1) is 11.9. The summed E-state index contributed by atoms with van der Waals surface area (Å²) in [5, 5.41) is 5.30. The van der Waals surface area contributed by atoms with E-state index < -0.39 is 17.8 Å². The molecule has 2 N–H and O–H groups in total. The molecule has 0 saturated heterocycles. The van der Waals surface area contributed by atoms with Crippen molar-refractivity contribution in [2.45, 2.75) is 19.4 Å². The number of halogens is 2. The van der Waals surface area contributed by atoms with Crippen molar-refractivity contribution in [3.05, 3.63) is 58.9 Å². The average molecular weight is 365 g/mol. The SMILES string of the molecule is COc1cccc(C[C@@H](NC(C)=O)C(=O)Nc2ccc(F)cc2Cl)c1. The minimum absolute atomic E-state index is 0.0799. The lowest BCUT2D eigenvalue weighted by atomic mass is 10.0. The first-order valence-corrected chi connectivity index (χ1v) is 7.93. The topological polar surface area (TPSA) is 67.4 Å². The van der Waals surface area contributed by atoms with Gasteiger partial charge in [-0.15, -0.1) is 0 Å². The Bertz CT molecular complexity index is 783. The molecule has 25 heavy (non-hydrogen) atoms. The molecule has 0 bridgehead atoms. The number of nitrogens with one attached hydrogen (secondary N) is 2. The zero-order valence-electron chi connectivity index (χ0n) is 13.8. The second-order valence-electron chi connectivity index (χ2n) is 5.42. The van der Waals surface area contributed by atoms with Crippen LogP contribution in [0.4, 0.5) is 10.1 Å². The van der Waals surface area contributed by atoms with Gasteiger partial charge in [-0.1, -0.05) is 23.7 Å². The summed E-state index contributed by atoms with van der Waals surface area (Å²) in [4.78, 5) is 24.0. The third-order valence-electron chi connectivity index (χ3n) is 3.46. The number of benzene rings is 2. The van der Waals surface area contributed by atoms with E-state index in [4.69, 9.17) is 16.3 Å². The van der Waals surface area contributed by atoms with Crippen LogP contribution in [-0.4, -0.2) is 25.0 Å². The molecule has 7 heteroatoms. The fourth-order valence-electron chi connectivity index (χ4n) is 2.30. The molecule has 0 heterocycles. The number of rotatable bonds is 6. The highest BCUT2D eigenvalue weighted by molar-refractivity contribution is 6.33. The summed E-state index contributed by atoms with van der Waals surface area (Å²) in [5.74, 6) is -0.640. The van der Waals surface area contributed by atoms with Crippen LogP contribution in [0.3, 0.4) is 0 Å². The van der Waals surface area contributed by atoms with Gasteiger partial charge in [0.25, 0.3) is 0 Å². The number of methoxy groups -OCH3 is 1. The van der Waals surface area contributed by atoms with Gasteiger partial charge in [0, 0.05) is 13.3 Å².